The lowest BCUT2D eigenvalue weighted by atomic mass is 10.1. The molecule has 1 N–H and O–H groups in total. The fourth-order valence-corrected chi connectivity index (χ4v) is 2.28. The molecular formula is C20H18FNO6. The van der Waals surface area contributed by atoms with Crippen LogP contribution in [0.1, 0.15) is 33.6 Å². The number of para-hydroxylation sites is 1. The number of halogens is 1. The van der Waals surface area contributed by atoms with Gasteiger partial charge < -0.3 is 14.8 Å². The number of ether oxygens (including phenoxy) is 2. The van der Waals surface area contributed by atoms with Crippen molar-refractivity contribution >= 4 is 29.3 Å². The second-order valence-corrected chi connectivity index (χ2v) is 5.68. The number of hydrogen-bond acceptors (Lipinski definition) is 6. The summed E-state index contributed by atoms with van der Waals surface area (Å²) >= 11 is 0. The van der Waals surface area contributed by atoms with Crippen molar-refractivity contribution in [3.05, 3.63) is 65.5 Å². The molecule has 1 amide bonds. The quantitative estimate of drug-likeness (QED) is 0.552. The van der Waals surface area contributed by atoms with Crippen LogP contribution in [0, 0.1) is 5.82 Å². The van der Waals surface area contributed by atoms with E-state index in [0.29, 0.717) is 0 Å². The Morgan fingerprint density at radius 3 is 2.32 bits per heavy atom. The molecule has 0 radical (unpaired) electrons. The predicted octanol–water partition coefficient (Wildman–Crippen LogP) is 2.76. The van der Waals surface area contributed by atoms with Gasteiger partial charge in [0.05, 0.1) is 24.8 Å². The molecule has 0 aliphatic heterocycles. The van der Waals surface area contributed by atoms with Crippen LogP contribution in [0.4, 0.5) is 10.1 Å². The highest BCUT2D eigenvalue weighted by molar-refractivity contribution is 6.02. The number of ketones is 1. The summed E-state index contributed by atoms with van der Waals surface area (Å²) in [4.78, 5) is 47.2. The van der Waals surface area contributed by atoms with Gasteiger partial charge in [-0.1, -0.05) is 12.1 Å². The molecule has 0 aliphatic carbocycles. The summed E-state index contributed by atoms with van der Waals surface area (Å²) in [7, 11) is 1.22. The van der Waals surface area contributed by atoms with Gasteiger partial charge in [-0.05, 0) is 36.4 Å². The van der Waals surface area contributed by atoms with E-state index in [1.807, 2.05) is 0 Å². The smallest absolute Gasteiger partial charge is 0.339 e. The van der Waals surface area contributed by atoms with E-state index in [4.69, 9.17) is 4.74 Å². The van der Waals surface area contributed by atoms with Crippen LogP contribution in [-0.2, 0) is 19.1 Å². The molecule has 7 nitrogen and oxygen atoms in total. The van der Waals surface area contributed by atoms with Crippen molar-refractivity contribution < 1.29 is 33.0 Å². The fourth-order valence-electron chi connectivity index (χ4n) is 2.28. The zero-order chi connectivity index (χ0) is 20.5. The van der Waals surface area contributed by atoms with Crippen LogP contribution in [0.5, 0.6) is 0 Å². The van der Waals surface area contributed by atoms with E-state index in [9.17, 15) is 23.6 Å². The standard InChI is InChI=1S/C20H18FNO6/c1-27-20(26)15-4-2-3-5-16(15)22-18(24)12-28-19(25)11-10-17(23)13-6-8-14(21)9-7-13/h2-9H,10-12H2,1H3,(H,22,24). The lowest BCUT2D eigenvalue weighted by molar-refractivity contribution is -0.147. The highest BCUT2D eigenvalue weighted by atomic mass is 19.1. The maximum absolute atomic E-state index is 12.8. The number of Topliss-reactive ketones (excluding diaryl/α,β-unsaturated/α-hetero) is 1. The number of hydrogen-bond donors (Lipinski definition) is 1. The second kappa shape index (κ2) is 9.96. The summed E-state index contributed by atoms with van der Waals surface area (Å²) < 4.78 is 22.3. The number of methoxy groups -OCH3 is 1. The van der Waals surface area contributed by atoms with Crippen LogP contribution in [-0.4, -0.2) is 37.3 Å². The first-order chi connectivity index (χ1) is 13.4. The minimum absolute atomic E-state index is 0.128. The Morgan fingerprint density at radius 1 is 0.964 bits per heavy atom. The van der Waals surface area contributed by atoms with E-state index in [1.54, 1.807) is 12.1 Å². The second-order valence-electron chi connectivity index (χ2n) is 5.68. The Bertz CT molecular complexity index is 879. The number of esters is 2. The van der Waals surface area contributed by atoms with Gasteiger partial charge in [0.25, 0.3) is 5.91 Å². The van der Waals surface area contributed by atoms with Gasteiger partial charge in [-0.15, -0.1) is 0 Å². The Morgan fingerprint density at radius 2 is 1.64 bits per heavy atom. The number of rotatable bonds is 8. The maximum atomic E-state index is 12.8. The first-order valence-electron chi connectivity index (χ1n) is 8.32. The Hall–Kier alpha value is -3.55. The van der Waals surface area contributed by atoms with Crippen LogP contribution in [0.25, 0.3) is 0 Å². The molecule has 2 aromatic rings. The lowest BCUT2D eigenvalue weighted by Crippen LogP contribution is -2.22. The molecule has 2 rings (SSSR count). The molecule has 0 heterocycles. The van der Waals surface area contributed by atoms with E-state index < -0.39 is 30.3 Å². The van der Waals surface area contributed by atoms with E-state index >= 15 is 0 Å². The van der Waals surface area contributed by atoms with Crippen molar-refractivity contribution in [3.8, 4) is 0 Å². The minimum atomic E-state index is -0.730. The summed E-state index contributed by atoms with van der Waals surface area (Å²) in [5, 5.41) is 2.46. The minimum Gasteiger partial charge on any atom is -0.465 e. The third-order valence-electron chi connectivity index (χ3n) is 3.69. The molecule has 0 bridgehead atoms. The van der Waals surface area contributed by atoms with Crippen LogP contribution in [0.2, 0.25) is 0 Å². The molecule has 0 aromatic heterocycles. The van der Waals surface area contributed by atoms with Gasteiger partial charge in [-0.2, -0.15) is 0 Å². The summed E-state index contributed by atoms with van der Waals surface area (Å²) in [5.41, 5.74) is 0.669. The topological polar surface area (TPSA) is 98.8 Å². The largest absolute Gasteiger partial charge is 0.465 e. The molecule has 0 spiro atoms. The van der Waals surface area contributed by atoms with Gasteiger partial charge in [-0.25, -0.2) is 9.18 Å². The van der Waals surface area contributed by atoms with Gasteiger partial charge >= 0.3 is 11.9 Å². The van der Waals surface area contributed by atoms with Crippen molar-refractivity contribution in [2.24, 2.45) is 0 Å². The average Bonchev–Trinajstić information content (AvgIpc) is 2.70. The van der Waals surface area contributed by atoms with Crippen molar-refractivity contribution in [3.63, 3.8) is 0 Å². The first-order valence-corrected chi connectivity index (χ1v) is 8.32. The zero-order valence-electron chi connectivity index (χ0n) is 15.1. The fraction of sp³-hybridized carbons (Fsp3) is 0.200. The van der Waals surface area contributed by atoms with E-state index in [0.717, 1.165) is 12.1 Å². The summed E-state index contributed by atoms with van der Waals surface area (Å²) in [6, 6.07) is 11.2. The third-order valence-corrected chi connectivity index (χ3v) is 3.69. The molecule has 28 heavy (non-hydrogen) atoms. The van der Waals surface area contributed by atoms with Crippen LogP contribution in [0.3, 0.4) is 0 Å². The van der Waals surface area contributed by atoms with E-state index in [2.05, 4.69) is 10.1 Å². The number of amides is 1. The number of carbonyl (C=O) groups excluding carboxylic acids is 4. The van der Waals surface area contributed by atoms with E-state index in [-0.39, 0.29) is 35.4 Å². The summed E-state index contributed by atoms with van der Waals surface area (Å²) in [5.74, 6) is -2.79. The number of carbonyl (C=O) groups is 4. The van der Waals surface area contributed by atoms with Gasteiger partial charge in [0.2, 0.25) is 0 Å². The number of anilines is 1. The first kappa shape index (κ1) is 20.8. The predicted molar refractivity (Wildman–Crippen MR) is 97.3 cm³/mol. The van der Waals surface area contributed by atoms with Crippen molar-refractivity contribution in [2.45, 2.75) is 12.8 Å². The molecule has 8 heteroatoms. The van der Waals surface area contributed by atoms with Crippen molar-refractivity contribution in [2.75, 3.05) is 19.0 Å². The summed E-state index contributed by atoms with van der Waals surface area (Å²) in [6.07, 6.45) is -0.348. The number of benzene rings is 2. The Labute approximate surface area is 160 Å². The van der Waals surface area contributed by atoms with Crippen molar-refractivity contribution in [1.82, 2.24) is 0 Å². The average molecular weight is 387 g/mol. The molecule has 146 valence electrons. The lowest BCUT2D eigenvalue weighted by Gasteiger charge is -2.10. The van der Waals surface area contributed by atoms with Crippen LogP contribution < -0.4 is 5.32 Å². The zero-order valence-corrected chi connectivity index (χ0v) is 15.1. The van der Waals surface area contributed by atoms with Crippen LogP contribution in [0.15, 0.2) is 48.5 Å². The third kappa shape index (κ3) is 6.01. The summed E-state index contributed by atoms with van der Waals surface area (Å²) in [6.45, 7) is -0.570. The SMILES string of the molecule is COC(=O)c1ccccc1NC(=O)COC(=O)CCC(=O)c1ccc(F)cc1. The monoisotopic (exact) mass is 387 g/mol. The number of nitrogens with one attached hydrogen (secondary N) is 1. The normalized spacial score (nSPS) is 10.1. The molecule has 0 atom stereocenters. The van der Waals surface area contributed by atoms with Crippen LogP contribution >= 0.6 is 0 Å². The highest BCUT2D eigenvalue weighted by Crippen LogP contribution is 2.16. The molecule has 0 unspecified atom stereocenters. The molecular weight excluding hydrogens is 369 g/mol. The molecule has 2 aromatic carbocycles. The highest BCUT2D eigenvalue weighted by Gasteiger charge is 2.15. The van der Waals surface area contributed by atoms with Gasteiger partial charge in [-0.3, -0.25) is 14.4 Å². The van der Waals surface area contributed by atoms with E-state index in [1.165, 1.54) is 31.4 Å². The van der Waals surface area contributed by atoms with Crippen molar-refractivity contribution in [1.29, 1.82) is 0 Å². The molecule has 0 aliphatic rings. The van der Waals surface area contributed by atoms with Gasteiger partial charge in [0.15, 0.2) is 12.4 Å². The molecule has 0 saturated carbocycles. The molecule has 0 fully saturated rings. The Balaban J connectivity index is 1.80. The molecule has 0 saturated heterocycles. The van der Waals surface area contributed by atoms with Gasteiger partial charge in [0, 0.05) is 12.0 Å². The van der Waals surface area contributed by atoms with Gasteiger partial charge in [0.1, 0.15) is 5.82 Å². The Kier molecular flexibility index (Phi) is 7.38. The maximum Gasteiger partial charge on any atom is 0.339 e.